The fraction of sp³-hybridized carbons (Fsp3) is 0.200. The topological polar surface area (TPSA) is 83.8 Å². The highest BCUT2D eigenvalue weighted by Crippen LogP contribution is 2.43. The lowest BCUT2D eigenvalue weighted by atomic mass is 9.89. The van der Waals surface area contributed by atoms with Crippen LogP contribution in [0.25, 0.3) is 0 Å². The SMILES string of the molecule is CC(=O)N1c2ccccc2[C@@H](N(C(=O)c2ccccc2)c2cccc([N+](=O)[O-])c2)C[C@@H]1C. The molecule has 2 amide bonds. The second kappa shape index (κ2) is 8.63. The first kappa shape index (κ1) is 21.2. The Balaban J connectivity index is 1.89. The van der Waals surface area contributed by atoms with Gasteiger partial charge >= 0.3 is 0 Å². The van der Waals surface area contributed by atoms with E-state index in [0.29, 0.717) is 17.7 Å². The molecule has 0 aliphatic carbocycles. The zero-order valence-electron chi connectivity index (χ0n) is 17.8. The number of carbonyl (C=O) groups is 2. The molecule has 7 heteroatoms. The number of para-hydroxylation sites is 1. The van der Waals surface area contributed by atoms with Gasteiger partial charge in [0.05, 0.1) is 16.7 Å². The first-order valence-electron chi connectivity index (χ1n) is 10.4. The summed E-state index contributed by atoms with van der Waals surface area (Å²) in [5.41, 5.74) is 2.42. The largest absolute Gasteiger partial charge is 0.309 e. The second-order valence-electron chi connectivity index (χ2n) is 7.87. The number of hydrogen-bond acceptors (Lipinski definition) is 4. The smallest absolute Gasteiger partial charge is 0.271 e. The number of amides is 2. The van der Waals surface area contributed by atoms with Gasteiger partial charge < -0.3 is 9.80 Å². The van der Waals surface area contributed by atoms with Gasteiger partial charge in [0, 0.05) is 36.3 Å². The van der Waals surface area contributed by atoms with Crippen LogP contribution in [-0.2, 0) is 4.79 Å². The van der Waals surface area contributed by atoms with E-state index >= 15 is 0 Å². The summed E-state index contributed by atoms with van der Waals surface area (Å²) in [7, 11) is 0. The fourth-order valence-corrected chi connectivity index (χ4v) is 4.42. The molecule has 1 aliphatic rings. The predicted octanol–water partition coefficient (Wildman–Crippen LogP) is 5.13. The van der Waals surface area contributed by atoms with E-state index in [-0.39, 0.29) is 23.5 Å². The Kier molecular flexibility index (Phi) is 5.73. The number of anilines is 2. The highest BCUT2D eigenvalue weighted by atomic mass is 16.6. The van der Waals surface area contributed by atoms with E-state index in [2.05, 4.69) is 0 Å². The maximum Gasteiger partial charge on any atom is 0.271 e. The Bertz CT molecular complexity index is 1180. The summed E-state index contributed by atoms with van der Waals surface area (Å²) in [6, 6.07) is 21.9. The summed E-state index contributed by atoms with van der Waals surface area (Å²) >= 11 is 0. The van der Waals surface area contributed by atoms with Crippen molar-refractivity contribution in [3.63, 3.8) is 0 Å². The molecule has 4 rings (SSSR count). The van der Waals surface area contributed by atoms with Crippen LogP contribution in [-0.4, -0.2) is 22.8 Å². The molecule has 3 aromatic carbocycles. The van der Waals surface area contributed by atoms with Crippen LogP contribution in [0.2, 0.25) is 0 Å². The van der Waals surface area contributed by atoms with Crippen molar-refractivity contribution < 1.29 is 14.5 Å². The van der Waals surface area contributed by atoms with Crippen molar-refractivity contribution in [2.45, 2.75) is 32.4 Å². The van der Waals surface area contributed by atoms with Crippen molar-refractivity contribution in [3.05, 3.63) is 100 Å². The molecular formula is C25H23N3O4. The molecule has 7 nitrogen and oxygen atoms in total. The van der Waals surface area contributed by atoms with Crippen LogP contribution >= 0.6 is 0 Å². The number of rotatable bonds is 4. The van der Waals surface area contributed by atoms with Crippen molar-refractivity contribution in [1.29, 1.82) is 0 Å². The first-order valence-corrected chi connectivity index (χ1v) is 10.4. The number of nitro groups is 1. The second-order valence-corrected chi connectivity index (χ2v) is 7.87. The summed E-state index contributed by atoms with van der Waals surface area (Å²) in [6.07, 6.45) is 0.498. The summed E-state index contributed by atoms with van der Waals surface area (Å²) in [5.74, 6) is -0.325. The number of nitro benzene ring substituents is 1. The Hall–Kier alpha value is -4.00. The lowest BCUT2D eigenvalue weighted by Crippen LogP contribution is -2.47. The van der Waals surface area contributed by atoms with E-state index < -0.39 is 11.0 Å². The van der Waals surface area contributed by atoms with Gasteiger partial charge in [0.25, 0.3) is 11.6 Å². The minimum absolute atomic E-state index is 0.0697. The van der Waals surface area contributed by atoms with Gasteiger partial charge in [0.1, 0.15) is 0 Å². The standard InChI is InChI=1S/C25H23N3O4/c1-17-15-24(22-13-6-7-14-23(22)26(17)18(2)29)27(25(30)19-9-4-3-5-10-19)20-11-8-12-21(16-20)28(31)32/h3-14,16-17,24H,15H2,1-2H3/t17-,24-/m0/s1. The van der Waals surface area contributed by atoms with Gasteiger partial charge in [-0.1, -0.05) is 42.5 Å². The minimum Gasteiger partial charge on any atom is -0.309 e. The maximum absolute atomic E-state index is 13.7. The Morgan fingerprint density at radius 2 is 1.69 bits per heavy atom. The minimum atomic E-state index is -0.469. The zero-order chi connectivity index (χ0) is 22.8. The number of carbonyl (C=O) groups excluding carboxylic acids is 2. The molecule has 1 aliphatic heterocycles. The van der Waals surface area contributed by atoms with Gasteiger partial charge in [0.15, 0.2) is 0 Å². The fourth-order valence-electron chi connectivity index (χ4n) is 4.42. The Morgan fingerprint density at radius 3 is 2.38 bits per heavy atom. The number of nitrogens with zero attached hydrogens (tertiary/aromatic N) is 3. The third kappa shape index (κ3) is 3.85. The van der Waals surface area contributed by atoms with E-state index in [0.717, 1.165) is 11.3 Å². The van der Waals surface area contributed by atoms with Crippen molar-refractivity contribution >= 4 is 28.9 Å². The lowest BCUT2D eigenvalue weighted by Gasteiger charge is -2.43. The molecular weight excluding hydrogens is 406 g/mol. The maximum atomic E-state index is 13.7. The molecule has 0 bridgehead atoms. The van der Waals surface area contributed by atoms with Crippen LogP contribution < -0.4 is 9.80 Å². The first-order chi connectivity index (χ1) is 15.4. The summed E-state index contributed by atoms with van der Waals surface area (Å²) < 4.78 is 0. The van der Waals surface area contributed by atoms with Crippen LogP contribution in [0.1, 0.15) is 42.2 Å². The van der Waals surface area contributed by atoms with Gasteiger partial charge in [-0.2, -0.15) is 0 Å². The Labute approximate surface area is 186 Å². The molecule has 0 saturated carbocycles. The van der Waals surface area contributed by atoms with Crippen molar-refractivity contribution in [1.82, 2.24) is 0 Å². The molecule has 0 spiro atoms. The number of non-ortho nitro benzene ring substituents is 1. The molecule has 162 valence electrons. The van der Waals surface area contributed by atoms with Crippen molar-refractivity contribution in [2.75, 3.05) is 9.80 Å². The van der Waals surface area contributed by atoms with Gasteiger partial charge in [0.2, 0.25) is 5.91 Å². The molecule has 2 atom stereocenters. The molecule has 3 aromatic rings. The molecule has 0 saturated heterocycles. The summed E-state index contributed by atoms with van der Waals surface area (Å²) in [6.45, 7) is 3.48. The number of fused-ring (bicyclic) bond motifs is 1. The molecule has 0 fully saturated rings. The highest BCUT2D eigenvalue weighted by Gasteiger charge is 2.38. The van der Waals surface area contributed by atoms with Crippen LogP contribution in [0.4, 0.5) is 17.1 Å². The zero-order valence-corrected chi connectivity index (χ0v) is 17.8. The van der Waals surface area contributed by atoms with Crippen LogP contribution in [0.15, 0.2) is 78.9 Å². The molecule has 1 heterocycles. The molecule has 0 aromatic heterocycles. The third-order valence-electron chi connectivity index (χ3n) is 5.77. The van der Waals surface area contributed by atoms with Gasteiger partial charge in [-0.3, -0.25) is 19.7 Å². The number of benzene rings is 3. The van der Waals surface area contributed by atoms with Gasteiger partial charge in [-0.05, 0) is 43.2 Å². The van der Waals surface area contributed by atoms with E-state index in [9.17, 15) is 19.7 Å². The van der Waals surface area contributed by atoms with Crippen LogP contribution in [0.5, 0.6) is 0 Å². The lowest BCUT2D eigenvalue weighted by molar-refractivity contribution is -0.384. The normalized spacial score (nSPS) is 17.4. The summed E-state index contributed by atoms with van der Waals surface area (Å²) in [5, 5.41) is 11.4. The van der Waals surface area contributed by atoms with E-state index in [1.165, 1.54) is 19.1 Å². The van der Waals surface area contributed by atoms with Gasteiger partial charge in [-0.25, -0.2) is 0 Å². The van der Waals surface area contributed by atoms with Crippen molar-refractivity contribution in [3.8, 4) is 0 Å². The molecule has 0 radical (unpaired) electrons. The van der Waals surface area contributed by atoms with Gasteiger partial charge in [-0.15, -0.1) is 0 Å². The molecule has 0 N–H and O–H groups in total. The van der Waals surface area contributed by atoms with Crippen LogP contribution in [0, 0.1) is 10.1 Å². The monoisotopic (exact) mass is 429 g/mol. The molecule has 0 unspecified atom stereocenters. The van der Waals surface area contributed by atoms with Crippen molar-refractivity contribution in [2.24, 2.45) is 0 Å². The van der Waals surface area contributed by atoms with E-state index in [1.807, 2.05) is 37.3 Å². The summed E-state index contributed by atoms with van der Waals surface area (Å²) in [4.78, 5) is 40.4. The third-order valence-corrected chi connectivity index (χ3v) is 5.77. The van der Waals surface area contributed by atoms with Crippen LogP contribution in [0.3, 0.4) is 0 Å². The number of hydrogen-bond donors (Lipinski definition) is 0. The molecule has 32 heavy (non-hydrogen) atoms. The quantitative estimate of drug-likeness (QED) is 0.425. The average Bonchev–Trinajstić information content (AvgIpc) is 2.79. The van der Waals surface area contributed by atoms with E-state index in [4.69, 9.17) is 0 Å². The average molecular weight is 429 g/mol. The van der Waals surface area contributed by atoms with E-state index in [1.54, 1.807) is 46.2 Å². The predicted molar refractivity (Wildman–Crippen MR) is 123 cm³/mol. The highest BCUT2D eigenvalue weighted by molar-refractivity contribution is 6.07. The Morgan fingerprint density at radius 1 is 1.00 bits per heavy atom.